The number of nitro benzene ring substituents is 1. The molecular weight excluding hydrogens is 236 g/mol. The van der Waals surface area contributed by atoms with Crippen molar-refractivity contribution in [3.05, 3.63) is 39.8 Å². The highest BCUT2D eigenvalue weighted by Crippen LogP contribution is 2.24. The van der Waals surface area contributed by atoms with E-state index in [1.54, 1.807) is 20.0 Å². The average molecular weight is 248 g/mol. The van der Waals surface area contributed by atoms with Gasteiger partial charge in [0.05, 0.1) is 11.5 Å². The van der Waals surface area contributed by atoms with Gasteiger partial charge in [-0.2, -0.15) is 0 Å². The lowest BCUT2D eigenvalue weighted by Gasteiger charge is -1.98. The minimum Gasteiger partial charge on any atom is -0.419 e. The number of aromatic nitrogens is 2. The molecule has 1 N–H and O–H groups in total. The monoisotopic (exact) mass is 248 g/mol. The molecule has 7 heteroatoms. The molecular formula is C11H12N4O3. The Morgan fingerprint density at radius 1 is 1.39 bits per heavy atom. The molecule has 0 amide bonds. The van der Waals surface area contributed by atoms with Crippen molar-refractivity contribution in [1.29, 1.82) is 0 Å². The molecule has 7 nitrogen and oxygen atoms in total. The first-order valence-electron chi connectivity index (χ1n) is 5.33. The molecule has 0 saturated carbocycles. The van der Waals surface area contributed by atoms with Gasteiger partial charge < -0.3 is 9.73 Å². The molecule has 1 heterocycles. The first-order chi connectivity index (χ1) is 8.60. The van der Waals surface area contributed by atoms with E-state index in [2.05, 4.69) is 15.5 Å². The van der Waals surface area contributed by atoms with Gasteiger partial charge in [0.1, 0.15) is 0 Å². The van der Waals surface area contributed by atoms with Crippen LogP contribution >= 0.6 is 0 Å². The molecule has 0 aliphatic rings. The van der Waals surface area contributed by atoms with Crippen molar-refractivity contribution in [1.82, 2.24) is 15.5 Å². The Hall–Kier alpha value is -2.28. The van der Waals surface area contributed by atoms with Crippen LogP contribution in [0.2, 0.25) is 0 Å². The smallest absolute Gasteiger partial charge is 0.270 e. The van der Waals surface area contributed by atoms with Crippen molar-refractivity contribution in [2.24, 2.45) is 0 Å². The predicted octanol–water partition coefficient (Wildman–Crippen LogP) is 1.67. The van der Waals surface area contributed by atoms with Crippen LogP contribution in [-0.4, -0.2) is 22.2 Å². The molecule has 0 spiro atoms. The van der Waals surface area contributed by atoms with Crippen LogP contribution in [0.25, 0.3) is 11.5 Å². The third-order valence-corrected chi connectivity index (χ3v) is 2.31. The molecule has 0 fully saturated rings. The number of non-ortho nitro benzene ring substituents is 1. The van der Waals surface area contributed by atoms with E-state index in [4.69, 9.17) is 4.42 Å². The number of hydrogen-bond acceptors (Lipinski definition) is 6. The number of nitro groups is 1. The lowest BCUT2D eigenvalue weighted by atomic mass is 10.1. The molecule has 0 saturated heterocycles. The minimum atomic E-state index is -0.443. The van der Waals surface area contributed by atoms with E-state index >= 15 is 0 Å². The third kappa shape index (κ3) is 2.51. The van der Waals surface area contributed by atoms with Gasteiger partial charge in [-0.25, -0.2) is 0 Å². The van der Waals surface area contributed by atoms with Crippen molar-refractivity contribution in [2.45, 2.75) is 13.5 Å². The summed E-state index contributed by atoms with van der Waals surface area (Å²) in [7, 11) is 1.77. The maximum Gasteiger partial charge on any atom is 0.270 e. The molecule has 0 aliphatic heterocycles. The number of nitrogens with one attached hydrogen (secondary N) is 1. The highest BCUT2D eigenvalue weighted by Gasteiger charge is 2.13. The zero-order chi connectivity index (χ0) is 13.1. The van der Waals surface area contributed by atoms with Gasteiger partial charge >= 0.3 is 0 Å². The van der Waals surface area contributed by atoms with Gasteiger partial charge in [-0.1, -0.05) is 0 Å². The first kappa shape index (κ1) is 12.2. The first-order valence-corrected chi connectivity index (χ1v) is 5.33. The van der Waals surface area contributed by atoms with Crippen LogP contribution in [0.3, 0.4) is 0 Å². The van der Waals surface area contributed by atoms with Crippen LogP contribution in [0.5, 0.6) is 0 Å². The summed E-state index contributed by atoms with van der Waals surface area (Å²) >= 11 is 0. The Morgan fingerprint density at radius 2 is 2.17 bits per heavy atom. The van der Waals surface area contributed by atoms with Gasteiger partial charge in [0.2, 0.25) is 11.8 Å². The lowest BCUT2D eigenvalue weighted by molar-refractivity contribution is -0.384. The van der Waals surface area contributed by atoms with Crippen LogP contribution in [0.1, 0.15) is 11.5 Å². The Bertz CT molecular complexity index is 579. The van der Waals surface area contributed by atoms with Gasteiger partial charge in [0.25, 0.3) is 5.69 Å². The highest BCUT2D eigenvalue weighted by molar-refractivity contribution is 5.59. The highest BCUT2D eigenvalue weighted by atomic mass is 16.6. The molecule has 2 rings (SSSR count). The molecule has 0 unspecified atom stereocenters. The SMILES string of the molecule is CNCc1nnc(-c2cc(C)cc([N+](=O)[O-])c2)o1. The van der Waals surface area contributed by atoms with Crippen LogP contribution in [0, 0.1) is 17.0 Å². The van der Waals surface area contributed by atoms with E-state index in [9.17, 15) is 10.1 Å². The summed E-state index contributed by atoms with van der Waals surface area (Å²) in [5.74, 6) is 0.726. The largest absolute Gasteiger partial charge is 0.419 e. The van der Waals surface area contributed by atoms with Crippen LogP contribution in [-0.2, 0) is 6.54 Å². The van der Waals surface area contributed by atoms with Crippen molar-refractivity contribution < 1.29 is 9.34 Å². The van der Waals surface area contributed by atoms with Crippen molar-refractivity contribution in [3.63, 3.8) is 0 Å². The zero-order valence-electron chi connectivity index (χ0n) is 10.0. The van der Waals surface area contributed by atoms with E-state index in [0.717, 1.165) is 5.56 Å². The number of hydrogen-bond donors (Lipinski definition) is 1. The average Bonchev–Trinajstić information content (AvgIpc) is 2.77. The number of aryl methyl sites for hydroxylation is 1. The number of benzene rings is 1. The van der Waals surface area contributed by atoms with Gasteiger partial charge in [-0.15, -0.1) is 10.2 Å². The van der Waals surface area contributed by atoms with E-state index < -0.39 is 4.92 Å². The molecule has 1 aromatic carbocycles. The second kappa shape index (κ2) is 4.92. The van der Waals surface area contributed by atoms with Crippen LogP contribution < -0.4 is 5.32 Å². The fraction of sp³-hybridized carbons (Fsp3) is 0.273. The van der Waals surface area contributed by atoms with E-state index in [1.165, 1.54) is 12.1 Å². The lowest BCUT2D eigenvalue weighted by Crippen LogP contribution is -2.04. The number of rotatable bonds is 4. The molecule has 1 aromatic heterocycles. The summed E-state index contributed by atoms with van der Waals surface area (Å²) in [6.07, 6.45) is 0. The van der Waals surface area contributed by atoms with Gasteiger partial charge in [-0.3, -0.25) is 10.1 Å². The normalized spacial score (nSPS) is 10.6. The van der Waals surface area contributed by atoms with E-state index in [-0.39, 0.29) is 11.6 Å². The van der Waals surface area contributed by atoms with Crippen molar-refractivity contribution in [2.75, 3.05) is 7.05 Å². The molecule has 0 radical (unpaired) electrons. The zero-order valence-corrected chi connectivity index (χ0v) is 10.0. The fourth-order valence-corrected chi connectivity index (χ4v) is 1.58. The summed E-state index contributed by atoms with van der Waals surface area (Å²) < 4.78 is 5.39. The van der Waals surface area contributed by atoms with Gasteiger partial charge in [0, 0.05) is 17.7 Å². The standard InChI is InChI=1S/C11H12N4O3/c1-7-3-8(5-9(4-7)15(16)17)11-14-13-10(18-11)6-12-2/h3-5,12H,6H2,1-2H3. The summed E-state index contributed by atoms with van der Waals surface area (Å²) in [5.41, 5.74) is 1.34. The second-order valence-electron chi connectivity index (χ2n) is 3.85. The quantitative estimate of drug-likeness (QED) is 0.653. The summed E-state index contributed by atoms with van der Waals surface area (Å²) in [5, 5.41) is 21.4. The Morgan fingerprint density at radius 3 is 2.83 bits per heavy atom. The van der Waals surface area contributed by atoms with E-state index in [0.29, 0.717) is 18.0 Å². The van der Waals surface area contributed by atoms with Crippen LogP contribution in [0.4, 0.5) is 5.69 Å². The second-order valence-corrected chi connectivity index (χ2v) is 3.85. The molecule has 18 heavy (non-hydrogen) atoms. The third-order valence-electron chi connectivity index (χ3n) is 2.31. The van der Waals surface area contributed by atoms with E-state index in [1.807, 2.05) is 0 Å². The molecule has 0 bridgehead atoms. The Labute approximate surface area is 103 Å². The fourth-order valence-electron chi connectivity index (χ4n) is 1.58. The Kier molecular flexibility index (Phi) is 3.33. The van der Waals surface area contributed by atoms with Crippen molar-refractivity contribution >= 4 is 5.69 Å². The molecule has 94 valence electrons. The number of nitrogens with zero attached hydrogens (tertiary/aromatic N) is 3. The predicted molar refractivity (Wildman–Crippen MR) is 63.9 cm³/mol. The van der Waals surface area contributed by atoms with Crippen LogP contribution in [0.15, 0.2) is 22.6 Å². The topological polar surface area (TPSA) is 94.1 Å². The Balaban J connectivity index is 2.39. The summed E-state index contributed by atoms with van der Waals surface area (Å²) in [6, 6.07) is 4.68. The molecule has 0 atom stereocenters. The maximum atomic E-state index is 10.8. The minimum absolute atomic E-state index is 0.0124. The summed E-state index contributed by atoms with van der Waals surface area (Å²) in [6.45, 7) is 2.24. The van der Waals surface area contributed by atoms with Crippen molar-refractivity contribution in [3.8, 4) is 11.5 Å². The molecule has 0 aliphatic carbocycles. The van der Waals surface area contributed by atoms with Gasteiger partial charge in [0.15, 0.2) is 0 Å². The maximum absolute atomic E-state index is 10.8. The molecule has 2 aromatic rings. The summed E-state index contributed by atoms with van der Waals surface area (Å²) in [4.78, 5) is 10.3. The van der Waals surface area contributed by atoms with Gasteiger partial charge in [-0.05, 0) is 25.6 Å².